The Hall–Kier alpha value is -1.16. The first-order valence-electron chi connectivity index (χ1n) is 9.57. The molecule has 1 spiro atoms. The van der Waals surface area contributed by atoms with Crippen molar-refractivity contribution in [2.45, 2.75) is 68.5 Å². The van der Waals surface area contributed by atoms with E-state index in [0.717, 1.165) is 19.3 Å². The van der Waals surface area contributed by atoms with Crippen molar-refractivity contribution in [2.24, 2.45) is 11.8 Å². The zero-order chi connectivity index (χ0) is 15.9. The third-order valence-corrected chi connectivity index (χ3v) is 7.38. The summed E-state index contributed by atoms with van der Waals surface area (Å²) in [5.41, 5.74) is 4.18. The van der Waals surface area contributed by atoms with Gasteiger partial charge < -0.3 is 14.6 Å². The number of ether oxygens (including phenoxy) is 2. The first-order chi connectivity index (χ1) is 11.8. The Labute approximate surface area is 142 Å². The SMILES string of the molecule is OC1CC[C@@H]2O[C@@H](c3ccccc3)[C@H]3C4=C(CCC4)[C@@H]4C[C@@H]1[C@]23O4. The summed E-state index contributed by atoms with van der Waals surface area (Å²) in [5, 5.41) is 10.8. The molecule has 2 bridgehead atoms. The summed E-state index contributed by atoms with van der Waals surface area (Å²) in [5.74, 6) is 0.548. The Morgan fingerprint density at radius 3 is 2.75 bits per heavy atom. The van der Waals surface area contributed by atoms with Gasteiger partial charge in [0.15, 0.2) is 0 Å². The third-order valence-electron chi connectivity index (χ3n) is 7.38. The highest BCUT2D eigenvalue weighted by Crippen LogP contribution is 2.67. The zero-order valence-corrected chi connectivity index (χ0v) is 13.9. The number of aliphatic hydroxyl groups excluding tert-OH is 1. The van der Waals surface area contributed by atoms with E-state index in [1.54, 1.807) is 11.1 Å². The topological polar surface area (TPSA) is 38.7 Å². The Balaban J connectivity index is 1.55. The van der Waals surface area contributed by atoms with Crippen LogP contribution in [0.25, 0.3) is 0 Å². The minimum atomic E-state index is -0.272. The smallest absolute Gasteiger partial charge is 0.110 e. The molecule has 2 saturated heterocycles. The van der Waals surface area contributed by atoms with E-state index in [-0.39, 0.29) is 35.9 Å². The summed E-state index contributed by atoms with van der Waals surface area (Å²) in [6.07, 6.45) is 6.66. The van der Waals surface area contributed by atoms with Crippen LogP contribution in [0, 0.1) is 11.8 Å². The van der Waals surface area contributed by atoms with Gasteiger partial charge in [-0.1, -0.05) is 35.9 Å². The molecule has 126 valence electrons. The van der Waals surface area contributed by atoms with Crippen LogP contribution >= 0.6 is 0 Å². The molecule has 0 aromatic heterocycles. The normalized spacial score (nSPS) is 48.5. The molecule has 1 saturated carbocycles. The van der Waals surface area contributed by atoms with Crippen LogP contribution in [0.1, 0.15) is 50.2 Å². The molecule has 1 aromatic rings. The van der Waals surface area contributed by atoms with E-state index < -0.39 is 0 Å². The maximum absolute atomic E-state index is 10.8. The lowest BCUT2D eigenvalue weighted by molar-refractivity contribution is -0.154. The first-order valence-corrected chi connectivity index (χ1v) is 9.57. The predicted molar refractivity (Wildman–Crippen MR) is 89.4 cm³/mol. The number of aliphatic hydroxyl groups is 1. The van der Waals surface area contributed by atoms with E-state index in [9.17, 15) is 5.11 Å². The van der Waals surface area contributed by atoms with Gasteiger partial charge in [-0.05, 0) is 49.7 Å². The van der Waals surface area contributed by atoms with Gasteiger partial charge in [0.2, 0.25) is 0 Å². The third kappa shape index (κ3) is 1.55. The lowest BCUT2D eigenvalue weighted by atomic mass is 9.64. The van der Waals surface area contributed by atoms with Crippen molar-refractivity contribution in [3.63, 3.8) is 0 Å². The molecule has 2 aliphatic carbocycles. The number of benzene rings is 1. The molecule has 3 fully saturated rings. The summed E-state index contributed by atoms with van der Waals surface area (Å²) >= 11 is 0. The lowest BCUT2D eigenvalue weighted by Crippen LogP contribution is -2.57. The van der Waals surface area contributed by atoms with Crippen LogP contribution in [0.4, 0.5) is 0 Å². The molecule has 3 heteroatoms. The molecule has 1 N–H and O–H groups in total. The largest absolute Gasteiger partial charge is 0.393 e. The second-order valence-electron chi connectivity index (χ2n) is 8.28. The number of fused-ring (bicyclic) bond motifs is 3. The molecular weight excluding hydrogens is 300 g/mol. The highest BCUT2D eigenvalue weighted by Gasteiger charge is 2.71. The Morgan fingerprint density at radius 1 is 1.04 bits per heavy atom. The average Bonchev–Trinajstić information content (AvgIpc) is 3.29. The molecule has 7 atom stereocenters. The predicted octanol–water partition coefficient (Wildman–Crippen LogP) is 3.54. The molecule has 0 radical (unpaired) electrons. The molecule has 24 heavy (non-hydrogen) atoms. The molecular formula is C21H24O3. The van der Waals surface area contributed by atoms with E-state index in [4.69, 9.17) is 9.47 Å². The standard InChI is InChI=1S/C21H24O3/c22-16-9-10-18-21-15(16)11-17(24-21)13-7-4-8-14(13)19(21)20(23-18)12-5-2-1-3-6-12/h1-3,5-6,15-20,22H,4,7-11H2/t15-,16?,17-,18-,19+,20-,21-/m0/s1. The minimum absolute atomic E-state index is 0.0890. The van der Waals surface area contributed by atoms with Gasteiger partial charge in [0.05, 0.1) is 24.4 Å². The molecule has 3 heterocycles. The number of rotatable bonds is 1. The van der Waals surface area contributed by atoms with E-state index in [1.807, 2.05) is 0 Å². The molecule has 3 aliphatic heterocycles. The second kappa shape index (κ2) is 4.72. The fourth-order valence-corrected chi connectivity index (χ4v) is 6.58. The van der Waals surface area contributed by atoms with Gasteiger partial charge in [-0.2, -0.15) is 0 Å². The minimum Gasteiger partial charge on any atom is -0.393 e. The van der Waals surface area contributed by atoms with Gasteiger partial charge in [0.1, 0.15) is 5.60 Å². The Morgan fingerprint density at radius 2 is 1.88 bits per heavy atom. The summed E-state index contributed by atoms with van der Waals surface area (Å²) < 4.78 is 13.4. The fraction of sp³-hybridized carbons (Fsp3) is 0.619. The van der Waals surface area contributed by atoms with Gasteiger partial charge in [0.25, 0.3) is 0 Å². The van der Waals surface area contributed by atoms with Crippen molar-refractivity contribution in [3.05, 3.63) is 47.0 Å². The number of hydrogen-bond donors (Lipinski definition) is 1. The van der Waals surface area contributed by atoms with Crippen molar-refractivity contribution >= 4 is 0 Å². The summed E-state index contributed by atoms with van der Waals surface area (Å²) in [6.45, 7) is 0. The van der Waals surface area contributed by atoms with Crippen LogP contribution in [0.5, 0.6) is 0 Å². The highest BCUT2D eigenvalue weighted by atomic mass is 16.6. The molecule has 6 rings (SSSR count). The number of hydrogen-bond acceptors (Lipinski definition) is 3. The molecule has 5 aliphatic rings. The van der Waals surface area contributed by atoms with Gasteiger partial charge in [-0.15, -0.1) is 0 Å². The van der Waals surface area contributed by atoms with Crippen molar-refractivity contribution in [1.82, 2.24) is 0 Å². The summed E-state index contributed by atoms with van der Waals surface area (Å²) in [7, 11) is 0. The molecule has 1 unspecified atom stereocenters. The maximum atomic E-state index is 10.8. The monoisotopic (exact) mass is 324 g/mol. The molecule has 0 amide bonds. The molecule has 3 nitrogen and oxygen atoms in total. The van der Waals surface area contributed by atoms with Gasteiger partial charge >= 0.3 is 0 Å². The highest BCUT2D eigenvalue weighted by molar-refractivity contribution is 5.41. The van der Waals surface area contributed by atoms with E-state index in [0.29, 0.717) is 5.92 Å². The van der Waals surface area contributed by atoms with Crippen molar-refractivity contribution < 1.29 is 14.6 Å². The summed E-state index contributed by atoms with van der Waals surface area (Å²) in [6, 6.07) is 10.7. The van der Waals surface area contributed by atoms with Crippen LogP contribution in [0.15, 0.2) is 41.5 Å². The first kappa shape index (κ1) is 14.1. The van der Waals surface area contributed by atoms with E-state index in [1.165, 1.54) is 24.8 Å². The van der Waals surface area contributed by atoms with Gasteiger partial charge in [-0.3, -0.25) is 0 Å². The lowest BCUT2D eigenvalue weighted by Gasteiger charge is -2.47. The van der Waals surface area contributed by atoms with E-state index in [2.05, 4.69) is 30.3 Å². The van der Waals surface area contributed by atoms with Crippen LogP contribution < -0.4 is 0 Å². The van der Waals surface area contributed by atoms with Crippen LogP contribution in [0.3, 0.4) is 0 Å². The van der Waals surface area contributed by atoms with Crippen LogP contribution in [-0.2, 0) is 9.47 Å². The van der Waals surface area contributed by atoms with Crippen molar-refractivity contribution in [3.8, 4) is 0 Å². The average molecular weight is 324 g/mol. The van der Waals surface area contributed by atoms with Gasteiger partial charge in [-0.25, -0.2) is 0 Å². The summed E-state index contributed by atoms with van der Waals surface area (Å²) in [4.78, 5) is 0. The fourth-order valence-electron chi connectivity index (χ4n) is 6.58. The zero-order valence-electron chi connectivity index (χ0n) is 13.9. The van der Waals surface area contributed by atoms with Crippen molar-refractivity contribution in [2.75, 3.05) is 0 Å². The van der Waals surface area contributed by atoms with Gasteiger partial charge in [0, 0.05) is 11.8 Å². The molecule has 1 aromatic carbocycles. The van der Waals surface area contributed by atoms with Crippen molar-refractivity contribution in [1.29, 1.82) is 0 Å². The quantitative estimate of drug-likeness (QED) is 0.803. The van der Waals surface area contributed by atoms with E-state index >= 15 is 0 Å². The second-order valence-corrected chi connectivity index (χ2v) is 8.28. The van der Waals surface area contributed by atoms with Crippen LogP contribution in [-0.4, -0.2) is 29.0 Å². The Bertz CT molecular complexity index is 711. The van der Waals surface area contributed by atoms with Crippen LogP contribution in [0.2, 0.25) is 0 Å². The maximum Gasteiger partial charge on any atom is 0.110 e. The Kier molecular flexibility index (Phi) is 2.76.